The smallest absolute Gasteiger partial charge is 0.273 e. The monoisotopic (exact) mass is 437 g/mol. The van der Waals surface area contributed by atoms with Gasteiger partial charge in [-0.3, -0.25) is 10.2 Å². The fraction of sp³-hybridized carbons (Fsp3) is 0.0526. The molecule has 2 heterocycles. The lowest BCUT2D eigenvalue weighted by Crippen LogP contribution is -2.40. The van der Waals surface area contributed by atoms with Gasteiger partial charge in [-0.05, 0) is 36.4 Å². The van der Waals surface area contributed by atoms with Crippen molar-refractivity contribution in [3.63, 3.8) is 0 Å². The van der Waals surface area contributed by atoms with Crippen molar-refractivity contribution in [2.75, 3.05) is 5.43 Å². The maximum Gasteiger partial charge on any atom is 0.273 e. The fourth-order valence-corrected chi connectivity index (χ4v) is 4.94. The predicted molar refractivity (Wildman–Crippen MR) is 107 cm³/mol. The first-order valence-corrected chi connectivity index (χ1v) is 9.60. The molecule has 0 amide bonds. The van der Waals surface area contributed by atoms with Gasteiger partial charge in [0.1, 0.15) is 22.8 Å². The molecule has 2 aromatic carbocycles. The lowest BCUT2D eigenvalue weighted by Gasteiger charge is -2.37. The third-order valence-corrected chi connectivity index (χ3v) is 6.06. The summed E-state index contributed by atoms with van der Waals surface area (Å²) in [6, 6.07) is 9.71. The van der Waals surface area contributed by atoms with Gasteiger partial charge in [0.2, 0.25) is 0 Å². The van der Waals surface area contributed by atoms with E-state index in [1.807, 2.05) is 0 Å². The van der Waals surface area contributed by atoms with Gasteiger partial charge in [0.05, 0.1) is 5.69 Å². The van der Waals surface area contributed by atoms with Crippen molar-refractivity contribution in [3.05, 3.63) is 98.2 Å². The van der Waals surface area contributed by atoms with Crippen LogP contribution in [-0.4, -0.2) is 9.66 Å². The molecule has 0 saturated heterocycles. The first-order valence-electron chi connectivity index (χ1n) is 8.03. The third-order valence-electron chi connectivity index (χ3n) is 4.12. The van der Waals surface area contributed by atoms with Gasteiger partial charge in [-0.1, -0.05) is 41.0 Å². The highest BCUT2D eigenvalue weighted by Crippen LogP contribution is 2.48. The highest BCUT2D eigenvalue weighted by molar-refractivity contribution is 8.00. The molecule has 0 aliphatic carbocycles. The largest absolute Gasteiger partial charge is 0.300 e. The normalized spacial score (nSPS) is 17.9. The standard InChI is InChI=1S/C19H11Cl2F2N3OS/c20-13-2-1-3-14(21)18(13)19(28-16-5-4-11(22)8-15(16)23)7-6-12-9-17(27)24-10-26(12)25-19/h1-10,25H. The second-order valence-corrected chi connectivity index (χ2v) is 8.08. The Hall–Kier alpha value is -2.35. The fourth-order valence-electron chi connectivity index (χ4n) is 2.89. The zero-order valence-corrected chi connectivity index (χ0v) is 16.3. The molecule has 28 heavy (non-hydrogen) atoms. The van der Waals surface area contributed by atoms with Crippen molar-refractivity contribution >= 4 is 41.0 Å². The highest BCUT2D eigenvalue weighted by atomic mass is 35.5. The van der Waals surface area contributed by atoms with Crippen LogP contribution >= 0.6 is 35.0 Å². The summed E-state index contributed by atoms with van der Waals surface area (Å²) in [5.41, 5.74) is 3.85. The van der Waals surface area contributed by atoms with E-state index in [4.69, 9.17) is 23.2 Å². The Morgan fingerprint density at radius 1 is 1.11 bits per heavy atom. The maximum absolute atomic E-state index is 14.4. The Morgan fingerprint density at radius 2 is 1.86 bits per heavy atom. The molecule has 0 spiro atoms. The first-order chi connectivity index (χ1) is 13.4. The molecule has 0 bridgehead atoms. The average Bonchev–Trinajstić information content (AvgIpc) is 2.64. The van der Waals surface area contributed by atoms with Crippen LogP contribution in [0.15, 0.2) is 64.6 Å². The lowest BCUT2D eigenvalue weighted by molar-refractivity contribution is 0.564. The van der Waals surface area contributed by atoms with Gasteiger partial charge >= 0.3 is 0 Å². The molecule has 0 radical (unpaired) electrons. The quantitative estimate of drug-likeness (QED) is 0.622. The number of nitrogens with one attached hydrogen (secondary N) is 1. The number of benzene rings is 2. The molecule has 0 fully saturated rings. The van der Waals surface area contributed by atoms with Crippen molar-refractivity contribution < 1.29 is 8.78 Å². The van der Waals surface area contributed by atoms with Crippen LogP contribution in [0.2, 0.25) is 10.0 Å². The summed E-state index contributed by atoms with van der Waals surface area (Å²) in [6.07, 6.45) is 4.73. The molecular formula is C19H11Cl2F2N3OS. The summed E-state index contributed by atoms with van der Waals surface area (Å²) in [6.45, 7) is 0. The minimum Gasteiger partial charge on any atom is -0.300 e. The summed E-state index contributed by atoms with van der Waals surface area (Å²) >= 11 is 13.9. The number of thioether (sulfide) groups is 1. The summed E-state index contributed by atoms with van der Waals surface area (Å²) in [4.78, 5) is 14.3. The number of rotatable bonds is 3. The van der Waals surface area contributed by atoms with E-state index in [9.17, 15) is 13.6 Å². The Balaban J connectivity index is 1.90. The molecule has 1 aromatic heterocycles. The molecule has 1 atom stereocenters. The first kappa shape index (κ1) is 19.0. The molecular weight excluding hydrogens is 427 g/mol. The number of hydrogen-bond donors (Lipinski definition) is 1. The van der Waals surface area contributed by atoms with Gasteiger partial charge in [0.15, 0.2) is 0 Å². The van der Waals surface area contributed by atoms with Crippen LogP contribution in [0.25, 0.3) is 6.08 Å². The van der Waals surface area contributed by atoms with Crippen molar-refractivity contribution in [2.45, 2.75) is 9.77 Å². The Kier molecular flexibility index (Phi) is 4.91. The predicted octanol–water partition coefficient (Wildman–Crippen LogP) is 5.04. The van der Waals surface area contributed by atoms with Gasteiger partial charge in [0, 0.05) is 32.6 Å². The molecule has 1 aliphatic rings. The van der Waals surface area contributed by atoms with E-state index < -0.39 is 22.1 Å². The van der Waals surface area contributed by atoms with Gasteiger partial charge in [-0.25, -0.2) is 13.5 Å². The van der Waals surface area contributed by atoms with E-state index in [0.29, 0.717) is 21.3 Å². The minimum absolute atomic E-state index is 0.187. The summed E-state index contributed by atoms with van der Waals surface area (Å²) in [7, 11) is 0. The van der Waals surface area contributed by atoms with Crippen LogP contribution in [0, 0.1) is 11.6 Å². The SMILES string of the molecule is O=c1cc2n(cn1)NC(Sc1ccc(F)cc1F)(c1c(Cl)cccc1Cl)C=C2. The van der Waals surface area contributed by atoms with Gasteiger partial charge in [-0.15, -0.1) is 0 Å². The van der Waals surface area contributed by atoms with E-state index in [1.165, 1.54) is 29.2 Å². The van der Waals surface area contributed by atoms with Crippen LogP contribution in [0.3, 0.4) is 0 Å². The lowest BCUT2D eigenvalue weighted by atomic mass is 10.0. The Bertz CT molecular complexity index is 1150. The summed E-state index contributed by atoms with van der Waals surface area (Å²) in [5, 5.41) is 0.717. The van der Waals surface area contributed by atoms with Crippen molar-refractivity contribution in [1.82, 2.24) is 9.66 Å². The van der Waals surface area contributed by atoms with Crippen molar-refractivity contribution in [2.24, 2.45) is 0 Å². The molecule has 1 unspecified atom stereocenters. The zero-order valence-electron chi connectivity index (χ0n) is 14.0. The van der Waals surface area contributed by atoms with E-state index in [2.05, 4.69) is 10.4 Å². The topological polar surface area (TPSA) is 46.9 Å². The second kappa shape index (κ2) is 7.24. The number of aromatic nitrogens is 2. The minimum atomic E-state index is -1.14. The summed E-state index contributed by atoms with van der Waals surface area (Å²) < 4.78 is 29.3. The maximum atomic E-state index is 14.4. The van der Waals surface area contributed by atoms with Crippen LogP contribution in [0.1, 0.15) is 11.3 Å². The number of nitrogens with zero attached hydrogens (tertiary/aromatic N) is 2. The second-order valence-electron chi connectivity index (χ2n) is 5.98. The van der Waals surface area contributed by atoms with E-state index in [0.717, 1.165) is 17.8 Å². The van der Waals surface area contributed by atoms with Gasteiger partial charge in [-0.2, -0.15) is 4.98 Å². The number of halogens is 4. The average molecular weight is 438 g/mol. The van der Waals surface area contributed by atoms with E-state index in [-0.39, 0.29) is 4.90 Å². The highest BCUT2D eigenvalue weighted by Gasteiger charge is 2.38. The third kappa shape index (κ3) is 3.41. The van der Waals surface area contributed by atoms with Crippen LogP contribution in [0.4, 0.5) is 8.78 Å². The van der Waals surface area contributed by atoms with Crippen LogP contribution in [-0.2, 0) is 4.87 Å². The number of hydrogen-bond acceptors (Lipinski definition) is 4. The van der Waals surface area contributed by atoms with E-state index >= 15 is 0 Å². The Labute approximate surface area is 172 Å². The Morgan fingerprint density at radius 3 is 2.57 bits per heavy atom. The molecule has 142 valence electrons. The molecule has 9 heteroatoms. The number of fused-ring (bicyclic) bond motifs is 1. The van der Waals surface area contributed by atoms with Gasteiger partial charge in [0.25, 0.3) is 5.56 Å². The molecule has 4 rings (SSSR count). The summed E-state index contributed by atoms with van der Waals surface area (Å²) in [5.74, 6) is -1.39. The van der Waals surface area contributed by atoms with E-state index in [1.54, 1.807) is 30.4 Å². The molecule has 4 nitrogen and oxygen atoms in total. The van der Waals surface area contributed by atoms with Gasteiger partial charge < -0.3 is 0 Å². The molecule has 3 aromatic rings. The van der Waals surface area contributed by atoms with Crippen LogP contribution < -0.4 is 11.0 Å². The molecule has 1 aliphatic heterocycles. The molecule has 0 saturated carbocycles. The van der Waals surface area contributed by atoms with Crippen molar-refractivity contribution in [1.29, 1.82) is 0 Å². The molecule has 1 N–H and O–H groups in total. The van der Waals surface area contributed by atoms with Crippen molar-refractivity contribution in [3.8, 4) is 0 Å². The zero-order chi connectivity index (χ0) is 19.9. The van der Waals surface area contributed by atoms with Crippen LogP contribution in [0.5, 0.6) is 0 Å².